The van der Waals surface area contributed by atoms with Crippen molar-refractivity contribution < 1.29 is 13.2 Å². The predicted molar refractivity (Wildman–Crippen MR) is 77.6 cm³/mol. The number of rotatable bonds is 5. The van der Waals surface area contributed by atoms with Crippen molar-refractivity contribution in [2.24, 2.45) is 0 Å². The standard InChI is InChI=1S/C15H16BrF2NO/c1-3-6-19-15(13-4-5-14(16)20-13)10-7-9(2)11(17)8-12(10)18/h4-5,7-8,15,19H,3,6H2,1-2H3. The molecule has 0 amide bonds. The Morgan fingerprint density at radius 2 is 2.00 bits per heavy atom. The third kappa shape index (κ3) is 3.27. The van der Waals surface area contributed by atoms with Gasteiger partial charge in [-0.25, -0.2) is 8.78 Å². The van der Waals surface area contributed by atoms with Gasteiger partial charge in [0.25, 0.3) is 0 Å². The van der Waals surface area contributed by atoms with Crippen molar-refractivity contribution in [2.75, 3.05) is 6.54 Å². The monoisotopic (exact) mass is 343 g/mol. The van der Waals surface area contributed by atoms with Crippen molar-refractivity contribution in [2.45, 2.75) is 26.3 Å². The van der Waals surface area contributed by atoms with E-state index < -0.39 is 17.7 Å². The normalized spacial score (nSPS) is 12.7. The lowest BCUT2D eigenvalue weighted by molar-refractivity contribution is 0.422. The van der Waals surface area contributed by atoms with Crippen LogP contribution in [0.5, 0.6) is 0 Å². The first kappa shape index (κ1) is 15.2. The molecule has 1 aromatic heterocycles. The van der Waals surface area contributed by atoms with Crippen LogP contribution in [0.4, 0.5) is 8.78 Å². The SMILES string of the molecule is CCCNC(c1ccc(Br)o1)c1cc(C)c(F)cc1F. The molecule has 1 N–H and O–H groups in total. The van der Waals surface area contributed by atoms with E-state index >= 15 is 0 Å². The van der Waals surface area contributed by atoms with Crippen LogP contribution < -0.4 is 5.32 Å². The molecular weight excluding hydrogens is 328 g/mol. The minimum atomic E-state index is -0.575. The Morgan fingerprint density at radius 1 is 1.25 bits per heavy atom. The van der Waals surface area contributed by atoms with E-state index in [1.54, 1.807) is 19.1 Å². The van der Waals surface area contributed by atoms with Crippen molar-refractivity contribution >= 4 is 15.9 Å². The third-order valence-electron chi connectivity index (χ3n) is 3.07. The van der Waals surface area contributed by atoms with Gasteiger partial charge in [-0.15, -0.1) is 0 Å². The van der Waals surface area contributed by atoms with Gasteiger partial charge in [0.2, 0.25) is 0 Å². The molecule has 2 rings (SSSR count). The third-order valence-corrected chi connectivity index (χ3v) is 3.49. The molecule has 108 valence electrons. The fourth-order valence-electron chi connectivity index (χ4n) is 2.04. The lowest BCUT2D eigenvalue weighted by Gasteiger charge is -2.18. The van der Waals surface area contributed by atoms with Crippen LogP contribution in [0.25, 0.3) is 0 Å². The molecule has 0 radical (unpaired) electrons. The summed E-state index contributed by atoms with van der Waals surface area (Å²) in [5, 5.41) is 3.23. The van der Waals surface area contributed by atoms with Crippen LogP contribution in [-0.2, 0) is 0 Å². The second-order valence-corrected chi connectivity index (χ2v) is 5.43. The number of benzene rings is 1. The van der Waals surface area contributed by atoms with E-state index in [2.05, 4.69) is 21.2 Å². The van der Waals surface area contributed by atoms with Crippen LogP contribution in [0.2, 0.25) is 0 Å². The maximum atomic E-state index is 14.1. The minimum Gasteiger partial charge on any atom is -0.452 e. The number of aryl methyl sites for hydroxylation is 1. The summed E-state index contributed by atoms with van der Waals surface area (Å²) < 4.78 is 33.6. The van der Waals surface area contributed by atoms with Gasteiger partial charge in [0.05, 0.1) is 6.04 Å². The van der Waals surface area contributed by atoms with E-state index in [9.17, 15) is 8.78 Å². The fraction of sp³-hybridized carbons (Fsp3) is 0.333. The largest absolute Gasteiger partial charge is 0.452 e. The number of furan rings is 1. The van der Waals surface area contributed by atoms with Crippen LogP contribution in [0.3, 0.4) is 0 Å². The van der Waals surface area contributed by atoms with E-state index in [1.807, 2.05) is 6.92 Å². The summed E-state index contributed by atoms with van der Waals surface area (Å²) in [7, 11) is 0. The first-order valence-electron chi connectivity index (χ1n) is 6.47. The second kappa shape index (κ2) is 6.50. The van der Waals surface area contributed by atoms with Crippen LogP contribution in [0.15, 0.2) is 33.4 Å². The molecule has 2 nitrogen and oxygen atoms in total. The highest BCUT2D eigenvalue weighted by molar-refractivity contribution is 9.10. The van der Waals surface area contributed by atoms with E-state index in [1.165, 1.54) is 6.07 Å². The molecule has 5 heteroatoms. The van der Waals surface area contributed by atoms with Crippen LogP contribution in [-0.4, -0.2) is 6.54 Å². The topological polar surface area (TPSA) is 25.2 Å². The maximum absolute atomic E-state index is 14.1. The number of hydrogen-bond donors (Lipinski definition) is 1. The van der Waals surface area contributed by atoms with Gasteiger partial charge in [0.1, 0.15) is 17.4 Å². The Morgan fingerprint density at radius 3 is 2.60 bits per heavy atom. The first-order chi connectivity index (χ1) is 9.52. The second-order valence-electron chi connectivity index (χ2n) is 4.65. The zero-order valence-corrected chi connectivity index (χ0v) is 12.9. The number of halogens is 3. The van der Waals surface area contributed by atoms with Gasteiger partial charge in [0, 0.05) is 11.6 Å². The Hall–Kier alpha value is -1.20. The average molecular weight is 344 g/mol. The van der Waals surface area contributed by atoms with E-state index in [4.69, 9.17) is 4.42 Å². The van der Waals surface area contributed by atoms with Crippen LogP contribution in [0, 0.1) is 18.6 Å². The summed E-state index contributed by atoms with van der Waals surface area (Å²) in [5.41, 5.74) is 0.800. The summed E-state index contributed by atoms with van der Waals surface area (Å²) in [6.45, 7) is 4.35. The molecule has 0 bridgehead atoms. The van der Waals surface area contributed by atoms with Gasteiger partial charge in [-0.2, -0.15) is 0 Å². The molecule has 0 saturated carbocycles. The zero-order chi connectivity index (χ0) is 14.7. The number of nitrogens with one attached hydrogen (secondary N) is 1. The van der Waals surface area contributed by atoms with Gasteiger partial charge in [0.15, 0.2) is 4.67 Å². The molecular formula is C15H16BrF2NO. The Kier molecular flexibility index (Phi) is 4.94. The molecule has 2 aromatic rings. The molecule has 0 saturated heterocycles. The van der Waals surface area contributed by atoms with Gasteiger partial charge in [-0.3, -0.25) is 0 Å². The lowest BCUT2D eigenvalue weighted by Crippen LogP contribution is -2.24. The number of hydrogen-bond acceptors (Lipinski definition) is 2. The average Bonchev–Trinajstić information content (AvgIpc) is 2.82. The highest BCUT2D eigenvalue weighted by atomic mass is 79.9. The molecule has 20 heavy (non-hydrogen) atoms. The highest BCUT2D eigenvalue weighted by Gasteiger charge is 2.21. The summed E-state index contributed by atoms with van der Waals surface area (Å²) in [6, 6.07) is 5.54. The molecule has 0 fully saturated rings. The molecule has 1 unspecified atom stereocenters. The van der Waals surface area contributed by atoms with Gasteiger partial charge < -0.3 is 9.73 Å². The fourth-order valence-corrected chi connectivity index (χ4v) is 2.36. The quantitative estimate of drug-likeness (QED) is 0.849. The van der Waals surface area contributed by atoms with Gasteiger partial charge in [-0.05, 0) is 59.6 Å². The van der Waals surface area contributed by atoms with Gasteiger partial charge in [-0.1, -0.05) is 6.92 Å². The molecule has 1 heterocycles. The zero-order valence-electron chi connectivity index (χ0n) is 11.3. The van der Waals surface area contributed by atoms with Crippen molar-refractivity contribution in [1.82, 2.24) is 5.32 Å². The Labute approximate surface area is 125 Å². The lowest BCUT2D eigenvalue weighted by atomic mass is 10.0. The summed E-state index contributed by atoms with van der Waals surface area (Å²) >= 11 is 3.24. The van der Waals surface area contributed by atoms with Crippen LogP contribution in [0.1, 0.15) is 36.3 Å². The van der Waals surface area contributed by atoms with Crippen molar-refractivity contribution in [3.63, 3.8) is 0 Å². The maximum Gasteiger partial charge on any atom is 0.169 e. The summed E-state index contributed by atoms with van der Waals surface area (Å²) in [6.07, 6.45) is 0.903. The van der Waals surface area contributed by atoms with E-state index in [0.717, 1.165) is 12.5 Å². The van der Waals surface area contributed by atoms with Crippen LogP contribution >= 0.6 is 15.9 Å². The Bertz CT molecular complexity index is 598. The smallest absolute Gasteiger partial charge is 0.169 e. The Balaban J connectivity index is 2.43. The van der Waals surface area contributed by atoms with Crippen molar-refractivity contribution in [3.05, 3.63) is 57.5 Å². The molecule has 0 aliphatic rings. The van der Waals surface area contributed by atoms with E-state index in [-0.39, 0.29) is 0 Å². The summed E-state index contributed by atoms with van der Waals surface area (Å²) in [4.78, 5) is 0. The molecule has 0 aliphatic heterocycles. The summed E-state index contributed by atoms with van der Waals surface area (Å²) in [5.74, 6) is -0.523. The predicted octanol–water partition coefficient (Wildman–Crippen LogP) is 4.72. The molecule has 1 atom stereocenters. The first-order valence-corrected chi connectivity index (χ1v) is 7.26. The van der Waals surface area contributed by atoms with Crippen molar-refractivity contribution in [1.29, 1.82) is 0 Å². The minimum absolute atomic E-state index is 0.388. The molecule has 0 aliphatic carbocycles. The van der Waals surface area contributed by atoms with Crippen molar-refractivity contribution in [3.8, 4) is 0 Å². The van der Waals surface area contributed by atoms with E-state index in [0.29, 0.717) is 28.1 Å². The highest BCUT2D eigenvalue weighted by Crippen LogP contribution is 2.29. The molecule has 0 spiro atoms. The van der Waals surface area contributed by atoms with Gasteiger partial charge >= 0.3 is 0 Å². The molecule has 1 aromatic carbocycles.